The van der Waals surface area contributed by atoms with Gasteiger partial charge in [0.25, 0.3) is 10.0 Å². The molecule has 1 aliphatic rings. The number of aryl methyl sites for hydroxylation is 1. The number of hydrogen-bond donors (Lipinski definition) is 0. The molecule has 0 atom stereocenters. The zero-order valence-electron chi connectivity index (χ0n) is 11.1. The van der Waals surface area contributed by atoms with Crippen LogP contribution in [-0.2, 0) is 34.6 Å². The Labute approximate surface area is 117 Å². The summed E-state index contributed by atoms with van der Waals surface area (Å²) < 4.78 is 27.6. The lowest BCUT2D eigenvalue weighted by Crippen LogP contribution is -2.34. The zero-order chi connectivity index (χ0) is 14.2. The normalized spacial score (nSPS) is 16.1. The van der Waals surface area contributed by atoms with Gasteiger partial charge in [-0.3, -0.25) is 9.52 Å². The van der Waals surface area contributed by atoms with Gasteiger partial charge in [-0.05, 0) is 18.1 Å². The van der Waals surface area contributed by atoms with E-state index >= 15 is 0 Å². The third-order valence-corrected chi connectivity index (χ3v) is 4.86. The first kappa shape index (κ1) is 13.3. The lowest BCUT2D eigenvalue weighted by molar-refractivity contribution is -0.114. The fraction of sp³-hybridized carbons (Fsp3) is 0.308. The second kappa shape index (κ2) is 5.01. The summed E-state index contributed by atoms with van der Waals surface area (Å²) in [5.41, 5.74) is 1.98. The first-order valence-corrected chi connectivity index (χ1v) is 7.80. The maximum atomic E-state index is 12.5. The van der Waals surface area contributed by atoms with Gasteiger partial charge in [0.2, 0.25) is 0 Å². The average molecular weight is 293 g/mol. The summed E-state index contributed by atoms with van der Waals surface area (Å²) in [6.45, 7) is 3.00. The van der Waals surface area contributed by atoms with Crippen LogP contribution in [0, 0.1) is 0 Å². The molecule has 0 aliphatic carbocycles. The molecule has 20 heavy (non-hydrogen) atoms. The molecule has 0 bridgehead atoms. The highest BCUT2D eigenvalue weighted by Gasteiger charge is 2.30. The van der Waals surface area contributed by atoms with Crippen molar-refractivity contribution in [1.82, 2.24) is 14.2 Å². The van der Waals surface area contributed by atoms with Gasteiger partial charge >= 0.3 is 0 Å². The molecule has 0 amide bonds. The van der Waals surface area contributed by atoms with Crippen molar-refractivity contribution in [3.63, 3.8) is 0 Å². The average Bonchev–Trinajstić information content (AvgIpc) is 2.96. The molecule has 1 aliphatic heterocycles. The van der Waals surface area contributed by atoms with Gasteiger partial charge in [-0.25, -0.2) is 8.42 Å². The number of hydroxylamine groups is 1. The van der Waals surface area contributed by atoms with Crippen LogP contribution in [0.25, 0.3) is 0 Å². The van der Waals surface area contributed by atoms with Crippen LogP contribution in [0.2, 0.25) is 0 Å². The van der Waals surface area contributed by atoms with Gasteiger partial charge in [-0.15, -0.1) is 0 Å². The second-order valence-corrected chi connectivity index (χ2v) is 6.37. The van der Waals surface area contributed by atoms with E-state index in [1.165, 1.54) is 12.4 Å². The summed E-state index contributed by atoms with van der Waals surface area (Å²) in [5, 5.41) is 4.00. The first-order valence-electron chi connectivity index (χ1n) is 6.36. The van der Waals surface area contributed by atoms with Gasteiger partial charge < -0.3 is 0 Å². The summed E-state index contributed by atoms with van der Waals surface area (Å²) in [6, 6.07) is 7.66. The minimum atomic E-state index is -3.67. The Balaban J connectivity index is 1.90. The number of fused-ring (bicyclic) bond motifs is 1. The Hall–Kier alpha value is -1.70. The van der Waals surface area contributed by atoms with Crippen molar-refractivity contribution in [2.75, 3.05) is 0 Å². The van der Waals surface area contributed by atoms with E-state index in [9.17, 15) is 8.42 Å². The molecule has 0 N–H and O–H groups in total. The highest BCUT2D eigenvalue weighted by atomic mass is 32.2. The monoisotopic (exact) mass is 293 g/mol. The van der Waals surface area contributed by atoms with Gasteiger partial charge in [0.1, 0.15) is 4.90 Å². The van der Waals surface area contributed by atoms with Gasteiger partial charge in [-0.1, -0.05) is 28.7 Å². The molecule has 2 heterocycles. The standard InChI is InChI=1S/C13H15N3O3S/c1-2-15-9-13(7-14-15)20(17,18)16-8-11-5-3-4-6-12(11)10-19-16/h3-7,9H,2,8,10H2,1H3. The molecular formula is C13H15N3O3S. The summed E-state index contributed by atoms with van der Waals surface area (Å²) in [7, 11) is -3.67. The minimum absolute atomic E-state index is 0.152. The van der Waals surface area contributed by atoms with Crippen molar-refractivity contribution in [2.45, 2.75) is 31.5 Å². The van der Waals surface area contributed by atoms with Crippen molar-refractivity contribution >= 4 is 10.0 Å². The van der Waals surface area contributed by atoms with E-state index < -0.39 is 10.0 Å². The van der Waals surface area contributed by atoms with Crippen molar-refractivity contribution < 1.29 is 13.3 Å². The molecule has 1 aromatic carbocycles. The molecule has 3 rings (SSSR count). The maximum absolute atomic E-state index is 12.5. The highest BCUT2D eigenvalue weighted by molar-refractivity contribution is 7.89. The van der Waals surface area contributed by atoms with Crippen molar-refractivity contribution in [3.05, 3.63) is 47.8 Å². The number of hydrogen-bond acceptors (Lipinski definition) is 4. The summed E-state index contributed by atoms with van der Waals surface area (Å²) in [4.78, 5) is 5.53. The fourth-order valence-corrected chi connectivity index (χ4v) is 3.27. The Morgan fingerprint density at radius 2 is 2.05 bits per heavy atom. The van der Waals surface area contributed by atoms with Gasteiger partial charge in [-0.2, -0.15) is 5.10 Å². The van der Waals surface area contributed by atoms with Crippen LogP contribution in [0.3, 0.4) is 0 Å². The Bertz CT molecular complexity index is 724. The topological polar surface area (TPSA) is 64.4 Å². The third kappa shape index (κ3) is 2.24. The summed E-state index contributed by atoms with van der Waals surface area (Å²) >= 11 is 0. The van der Waals surface area contributed by atoms with E-state index in [0.29, 0.717) is 6.54 Å². The Morgan fingerprint density at radius 3 is 2.75 bits per heavy atom. The number of nitrogens with zero attached hydrogens (tertiary/aromatic N) is 3. The largest absolute Gasteiger partial charge is 0.279 e. The van der Waals surface area contributed by atoms with Gasteiger partial charge in [0.05, 0.1) is 19.3 Å². The van der Waals surface area contributed by atoms with Crippen molar-refractivity contribution in [1.29, 1.82) is 0 Å². The number of sulfonamides is 1. The molecule has 106 valence electrons. The van der Waals surface area contributed by atoms with E-state index in [1.54, 1.807) is 4.68 Å². The second-order valence-electron chi connectivity index (χ2n) is 4.54. The molecule has 0 saturated carbocycles. The molecule has 0 radical (unpaired) electrons. The molecule has 6 nitrogen and oxygen atoms in total. The van der Waals surface area contributed by atoms with E-state index in [0.717, 1.165) is 15.6 Å². The SMILES string of the molecule is CCn1cc(S(=O)(=O)N2Cc3ccccc3CO2)cn1. The van der Waals surface area contributed by atoms with Crippen molar-refractivity contribution in [2.24, 2.45) is 0 Å². The highest BCUT2D eigenvalue weighted by Crippen LogP contribution is 2.25. The Morgan fingerprint density at radius 1 is 1.30 bits per heavy atom. The van der Waals surface area contributed by atoms with E-state index in [1.807, 2.05) is 31.2 Å². The number of benzene rings is 1. The van der Waals surface area contributed by atoms with E-state index in [2.05, 4.69) is 5.10 Å². The van der Waals surface area contributed by atoms with Gasteiger partial charge in [0.15, 0.2) is 0 Å². The van der Waals surface area contributed by atoms with Crippen LogP contribution in [0.15, 0.2) is 41.6 Å². The zero-order valence-corrected chi connectivity index (χ0v) is 11.9. The third-order valence-electron chi connectivity index (χ3n) is 3.28. The van der Waals surface area contributed by atoms with Crippen LogP contribution in [-0.4, -0.2) is 22.7 Å². The summed E-state index contributed by atoms with van der Waals surface area (Å²) in [6.07, 6.45) is 2.86. The van der Waals surface area contributed by atoms with Crippen LogP contribution in [0.1, 0.15) is 18.1 Å². The van der Waals surface area contributed by atoms with E-state index in [4.69, 9.17) is 4.84 Å². The molecule has 0 unspecified atom stereocenters. The number of aromatic nitrogens is 2. The quantitative estimate of drug-likeness (QED) is 0.861. The molecule has 2 aromatic rings. The summed E-state index contributed by atoms with van der Waals surface area (Å²) in [5.74, 6) is 0. The smallest absolute Gasteiger partial charge is 0.268 e. The molecule has 0 fully saturated rings. The predicted octanol–water partition coefficient (Wildman–Crippen LogP) is 1.54. The van der Waals surface area contributed by atoms with Crippen LogP contribution in [0.4, 0.5) is 0 Å². The van der Waals surface area contributed by atoms with Gasteiger partial charge in [0, 0.05) is 12.7 Å². The van der Waals surface area contributed by atoms with Crippen LogP contribution < -0.4 is 0 Å². The van der Waals surface area contributed by atoms with Crippen molar-refractivity contribution in [3.8, 4) is 0 Å². The van der Waals surface area contributed by atoms with E-state index in [-0.39, 0.29) is 18.0 Å². The van der Waals surface area contributed by atoms with Crippen LogP contribution >= 0.6 is 0 Å². The molecule has 0 saturated heterocycles. The molecule has 7 heteroatoms. The lowest BCUT2D eigenvalue weighted by atomic mass is 10.1. The number of rotatable bonds is 3. The maximum Gasteiger partial charge on any atom is 0.268 e. The van der Waals surface area contributed by atoms with Crippen LogP contribution in [0.5, 0.6) is 0 Å². The Kier molecular flexibility index (Phi) is 3.33. The first-order chi connectivity index (χ1) is 9.61. The molecular weight excluding hydrogens is 278 g/mol. The fourth-order valence-electron chi connectivity index (χ4n) is 2.10. The molecule has 0 spiro atoms. The molecule has 1 aromatic heterocycles. The lowest BCUT2D eigenvalue weighted by Gasteiger charge is -2.26. The minimum Gasteiger partial charge on any atom is -0.279 e. The predicted molar refractivity (Wildman–Crippen MR) is 71.9 cm³/mol.